The fourth-order valence-electron chi connectivity index (χ4n) is 7.66. The maximum absolute atomic E-state index is 12.5. The van der Waals surface area contributed by atoms with E-state index in [0.717, 1.165) is 60.2 Å². The second-order valence-corrected chi connectivity index (χ2v) is 41.3. The topological polar surface area (TPSA) is 402 Å². The molecule has 616 valence electrons. The van der Waals surface area contributed by atoms with Crippen LogP contribution in [0.2, 0.25) is 0 Å². The van der Waals surface area contributed by atoms with Crippen molar-refractivity contribution in [2.24, 2.45) is 15.3 Å². The van der Waals surface area contributed by atoms with Crippen molar-refractivity contribution in [3.05, 3.63) is 226 Å². The average molecular weight is 1800 g/mol. The van der Waals surface area contributed by atoms with Crippen LogP contribution >= 0.6 is 91.0 Å². The molecule has 1 aliphatic rings. The second-order valence-electron chi connectivity index (χ2n) is 27.8. The number of ether oxygens (including phenoxy) is 1. The maximum Gasteiger partial charge on any atom is 0.409 e. The number of nitro benzene ring substituents is 1. The molecule has 35 heteroatoms. The Morgan fingerprint density at radius 1 is 0.611 bits per heavy atom. The highest BCUT2D eigenvalue weighted by molar-refractivity contribution is 7.91. The fourth-order valence-corrected chi connectivity index (χ4v) is 14.9. The van der Waals surface area contributed by atoms with Gasteiger partial charge in [-0.05, 0) is 278 Å². The Labute approximate surface area is 718 Å². The largest absolute Gasteiger partial charge is 1.00 e. The summed E-state index contributed by atoms with van der Waals surface area (Å²) >= 11 is 11.7. The molecule has 7 aromatic heterocycles. The van der Waals surface area contributed by atoms with Crippen molar-refractivity contribution in [3.8, 4) is 30.0 Å². The van der Waals surface area contributed by atoms with Crippen molar-refractivity contribution in [1.82, 2.24) is 14.8 Å². The molecule has 0 fully saturated rings. The summed E-state index contributed by atoms with van der Waals surface area (Å²) in [6.07, 6.45) is 5.40. The van der Waals surface area contributed by atoms with E-state index in [1.807, 2.05) is 173 Å². The van der Waals surface area contributed by atoms with Crippen molar-refractivity contribution in [2.75, 3.05) is 6.54 Å². The molecule has 0 bridgehead atoms. The van der Waals surface area contributed by atoms with Crippen LogP contribution in [0, 0.1) is 61.3 Å². The number of nitrogens with one attached hydrogen (secondary N) is 3. The first kappa shape index (κ1) is 107. The number of carbonyl (C=O) groups excluding carboxylic acids is 2. The lowest BCUT2D eigenvalue weighted by Gasteiger charge is -2.26. The number of nitro groups is 1. The highest BCUT2D eigenvalue weighted by atomic mass is 35.5. The van der Waals surface area contributed by atoms with Crippen LogP contribution in [0.4, 0.5) is 14.9 Å². The number of nitrogens with zero attached hydrogens (tertiary/aromatic N) is 6. The van der Waals surface area contributed by atoms with Crippen molar-refractivity contribution < 1.29 is 60.0 Å². The number of thiophene rings is 7. The molecule has 9 atom stereocenters. The highest BCUT2D eigenvalue weighted by Gasteiger charge is 2.32. The summed E-state index contributed by atoms with van der Waals surface area (Å²) in [5.74, 6) is 1.07. The van der Waals surface area contributed by atoms with Crippen LogP contribution in [-0.4, -0.2) is 66.6 Å². The van der Waals surface area contributed by atoms with Gasteiger partial charge in [-0.15, -0.1) is 9.44 Å². The van der Waals surface area contributed by atoms with E-state index < -0.39 is 55.8 Å². The van der Waals surface area contributed by atoms with Crippen LogP contribution in [0.3, 0.4) is 0 Å². The Balaban J connectivity index is 0.00000124. The summed E-state index contributed by atoms with van der Waals surface area (Å²) < 4.78 is 71.6. The van der Waals surface area contributed by atoms with Gasteiger partial charge in [0.1, 0.15) is 48.0 Å². The van der Waals surface area contributed by atoms with Crippen molar-refractivity contribution in [1.29, 1.82) is 21.0 Å². The van der Waals surface area contributed by atoms with Gasteiger partial charge in [0.2, 0.25) is 0 Å². The Morgan fingerprint density at radius 2 is 1.01 bits per heavy atom. The number of carbonyl (C=O) groups is 2. The number of quaternary nitrogens is 1. The zero-order valence-corrected chi connectivity index (χ0v) is 76.2. The Kier molecular flexibility index (Phi) is 55.7. The minimum absolute atomic E-state index is 0. The predicted octanol–water partition coefficient (Wildman–Crippen LogP) is 16.8. The second kappa shape index (κ2) is 58.8. The molecule has 113 heavy (non-hydrogen) atoms. The molecule has 8 heterocycles. The van der Waals surface area contributed by atoms with E-state index in [0.29, 0.717) is 37.5 Å². The number of hydrogen-bond donors (Lipinski definition) is 6. The van der Waals surface area contributed by atoms with Gasteiger partial charge in [-0.3, -0.25) is 14.9 Å². The number of nitrogens with two attached hydrogens (primary N) is 2. The summed E-state index contributed by atoms with van der Waals surface area (Å²) in [6, 6.07) is 32.2. The maximum atomic E-state index is 12.5. The number of fused-ring (bicyclic) bond motifs is 1. The lowest BCUT2D eigenvalue weighted by Crippen LogP contribution is -3.00. The van der Waals surface area contributed by atoms with Crippen LogP contribution in [0.25, 0.3) is 0 Å². The number of non-ortho nitro benzene ring substituents is 1. The van der Waals surface area contributed by atoms with E-state index >= 15 is 0 Å². The molecule has 0 amide bonds. The van der Waals surface area contributed by atoms with E-state index in [2.05, 4.69) is 96.0 Å². The van der Waals surface area contributed by atoms with Crippen LogP contribution < -0.4 is 48.5 Å². The van der Waals surface area contributed by atoms with Gasteiger partial charge in [0.15, 0.2) is 6.29 Å². The Bertz CT molecular complexity index is 4010. The SMILES string of the molecule is CC(C)(C)[S+](N)[O-].CC(C)(C)[S+]([O-])N=Cc1ccsc1.CC(C)(C)[S+]([O-])N[C@@H](CC#N)c1ccsc1.CC(C)(C)[S+]([O-])N[C@H](CC#N)c1ccsc1.CC(CC#N)c1ccsc1.CC(CCN)c1ccsc1.Fc1ccc2c(c1)CNC2.N#CCC([NH3+])c1ccsc1.O=C(Cl)Oc1ccc([N+](=O)[O-])cc1.O=Cc1ccsc1.[Cl-]. The minimum Gasteiger partial charge on any atom is -1.00 e. The zero-order valence-electron chi connectivity index (χ0n) is 65.7. The highest BCUT2D eigenvalue weighted by Crippen LogP contribution is 2.28. The lowest BCUT2D eigenvalue weighted by atomic mass is 10.0. The third kappa shape index (κ3) is 48.4. The molecule has 21 nitrogen and oxygen atoms in total. The van der Waals surface area contributed by atoms with Gasteiger partial charge in [-0.1, -0.05) is 24.3 Å². The fraction of sp³-hybridized carbons (Fsp3) is 0.397. The van der Waals surface area contributed by atoms with Gasteiger partial charge in [0, 0.05) is 99.4 Å². The van der Waals surface area contributed by atoms with Crippen LogP contribution in [-0.2, 0) is 58.5 Å². The molecule has 10 rings (SSSR count). The molecule has 2 aromatic carbocycles. The molecule has 0 saturated heterocycles. The summed E-state index contributed by atoms with van der Waals surface area (Å²) in [6.45, 7) is 29.5. The van der Waals surface area contributed by atoms with Gasteiger partial charge in [0.25, 0.3) is 5.69 Å². The van der Waals surface area contributed by atoms with Gasteiger partial charge in [0.05, 0.1) is 66.8 Å². The molecular weight excluding hydrogens is 1690 g/mol. The third-order valence-electron chi connectivity index (χ3n) is 14.4. The quantitative estimate of drug-likeness (QED) is 0.0103. The molecular formula is C78H103Cl2FN12O9S11. The van der Waals surface area contributed by atoms with Crippen LogP contribution in [0.5, 0.6) is 5.75 Å². The Hall–Kier alpha value is -5.98. The molecule has 10 N–H and O–H groups in total. The summed E-state index contributed by atoms with van der Waals surface area (Å²) in [5.41, 5.74) is 18.3. The molecule has 7 unspecified atom stereocenters. The minimum atomic E-state index is -1.18. The molecule has 0 saturated carbocycles. The first-order chi connectivity index (χ1) is 52.7. The number of aldehydes is 1. The number of halogens is 3. The Morgan fingerprint density at radius 3 is 1.35 bits per heavy atom. The number of benzene rings is 2. The third-order valence-corrected chi connectivity index (χ3v) is 25.1. The smallest absolute Gasteiger partial charge is 0.409 e. The summed E-state index contributed by atoms with van der Waals surface area (Å²) in [4.78, 5) is 29.8. The standard InChI is InChI=1S/2C11H16N2OS2.C9H13NOS2.C8H8FN.C8H13NS.C8H9NS.C7H4ClNO4.C7H8N2S.C5H4OS.C4H11NOS.ClH/c2*1-11(2,3)16(14)13-10(4-6-12)9-5-7-15-8-9;1-9(2,3)13(11)10-6-8-4-5-12-7-8;9-8-2-1-6-4-10-5-7(6)3-8;2*1-7(2-4-9)8-3-5-10-6-8;8-7(10)13-6-3-1-5(2-4-6)9(11)12;8-3-1-7(9)6-2-4-10-5-6;6-3-5-1-2-7-4-5;1-4(2,3)7(5)6;/h2*5,7-8,10,13H,4H2,1-3H3;4-7H,1-3H3;1-3,10H,4-5H2;3,5-7H,2,4,9H2,1H3;3,5-7H,2H2,1H3;1-4H;2,4-5,7H,1,9H2;1-4H;5H2,1-3H3;1H/t2*10-,16?;;;;;;;;;/m10........./s1. The van der Waals surface area contributed by atoms with E-state index in [1.165, 1.54) is 63.9 Å². The molecule has 0 spiro atoms. The van der Waals surface area contributed by atoms with E-state index in [9.17, 15) is 42.3 Å². The van der Waals surface area contributed by atoms with Crippen LogP contribution in [0.15, 0.2) is 165 Å². The van der Waals surface area contributed by atoms with Crippen molar-refractivity contribution >= 4 is 160 Å². The molecule has 0 aliphatic carbocycles. The molecule has 9 aromatic rings. The van der Waals surface area contributed by atoms with Crippen molar-refractivity contribution in [3.63, 3.8) is 0 Å². The average Bonchev–Trinajstić information content (AvgIpc) is 1.69. The predicted molar refractivity (Wildman–Crippen MR) is 470 cm³/mol. The summed E-state index contributed by atoms with van der Waals surface area (Å²) in [5, 5.41) is 80.7. The van der Waals surface area contributed by atoms with E-state index in [1.54, 1.807) is 86.4 Å². The lowest BCUT2D eigenvalue weighted by molar-refractivity contribution is -0.424. The van der Waals surface area contributed by atoms with E-state index in [-0.39, 0.29) is 66.8 Å². The van der Waals surface area contributed by atoms with Gasteiger partial charge >= 0.3 is 5.43 Å². The summed E-state index contributed by atoms with van der Waals surface area (Å²) in [7, 11) is 0. The zero-order chi connectivity index (χ0) is 84.5. The van der Waals surface area contributed by atoms with Gasteiger partial charge in [-0.25, -0.2) is 9.18 Å². The number of nitriles is 4. The number of rotatable bonds is 20. The van der Waals surface area contributed by atoms with Gasteiger partial charge in [-0.2, -0.15) is 106 Å². The number of hydrogen-bond acceptors (Lipinski definition) is 26. The normalized spacial score (nSPS) is 13.5. The first-order valence-electron chi connectivity index (χ1n) is 34.5. The van der Waals surface area contributed by atoms with Crippen molar-refractivity contribution in [2.45, 2.75) is 191 Å². The van der Waals surface area contributed by atoms with E-state index in [4.69, 9.17) is 43.5 Å². The first-order valence-corrected chi connectivity index (χ1v) is 46.0. The van der Waals surface area contributed by atoms with Crippen LogP contribution in [0.1, 0.15) is 214 Å². The molecule has 1 aliphatic heterocycles. The monoisotopic (exact) mass is 1790 g/mol. The van der Waals surface area contributed by atoms with Gasteiger partial charge < -0.3 is 52.1 Å². The molecule has 0 radical (unpaired) electrons.